The van der Waals surface area contributed by atoms with E-state index in [-0.39, 0.29) is 5.75 Å². The van der Waals surface area contributed by atoms with Crippen LogP contribution in [-0.4, -0.2) is 12.2 Å². The maximum atomic E-state index is 9.27. The number of rotatable bonds is 1. The lowest BCUT2D eigenvalue weighted by Gasteiger charge is -2.06. The maximum Gasteiger partial charge on any atom is 0.181 e. The molecule has 0 aliphatic carbocycles. The van der Waals surface area contributed by atoms with Crippen LogP contribution in [0, 0.1) is 6.92 Å². The summed E-state index contributed by atoms with van der Waals surface area (Å²) in [5.74, 6) is 0.431. The number of ether oxygens (including phenoxy) is 1. The summed E-state index contributed by atoms with van der Waals surface area (Å²) in [5.41, 5.74) is 6.79. The lowest BCUT2D eigenvalue weighted by molar-refractivity contribution is 0.374. The van der Waals surface area contributed by atoms with E-state index in [1.165, 1.54) is 7.11 Å². The number of benzene rings is 1. The van der Waals surface area contributed by atoms with Gasteiger partial charge in [-0.15, -0.1) is 0 Å². The monoisotopic (exact) mass is 153 g/mol. The van der Waals surface area contributed by atoms with Gasteiger partial charge in [0.15, 0.2) is 11.5 Å². The predicted octanol–water partition coefficient (Wildman–Crippen LogP) is 1.29. The number of aryl methyl sites for hydroxylation is 1. The van der Waals surface area contributed by atoms with Crippen LogP contribution in [0.4, 0.5) is 5.69 Å². The summed E-state index contributed by atoms with van der Waals surface area (Å²) >= 11 is 0. The van der Waals surface area contributed by atoms with Crippen molar-refractivity contribution in [2.45, 2.75) is 6.92 Å². The third-order valence-corrected chi connectivity index (χ3v) is 1.47. The molecule has 3 heteroatoms. The first-order valence-electron chi connectivity index (χ1n) is 3.28. The molecule has 0 amide bonds. The molecule has 0 atom stereocenters. The molecule has 11 heavy (non-hydrogen) atoms. The molecular formula is C8H11NO2. The first kappa shape index (κ1) is 7.72. The van der Waals surface area contributed by atoms with Crippen molar-refractivity contribution in [3.05, 3.63) is 17.7 Å². The van der Waals surface area contributed by atoms with Crippen molar-refractivity contribution < 1.29 is 9.84 Å². The van der Waals surface area contributed by atoms with Gasteiger partial charge in [-0.05, 0) is 24.6 Å². The number of aromatic hydroxyl groups is 1. The van der Waals surface area contributed by atoms with Gasteiger partial charge in [0, 0.05) is 0 Å². The zero-order valence-electron chi connectivity index (χ0n) is 6.59. The lowest BCUT2D eigenvalue weighted by atomic mass is 10.2. The molecular weight excluding hydrogens is 142 g/mol. The standard InChI is InChI=1S/C8H11NO2/c1-5-3-6(9)8(10)7(4-5)11-2/h3-4,10H,9H2,1-2H3. The van der Waals surface area contributed by atoms with Crippen LogP contribution in [-0.2, 0) is 0 Å². The Morgan fingerprint density at radius 3 is 2.64 bits per heavy atom. The van der Waals surface area contributed by atoms with Gasteiger partial charge < -0.3 is 15.6 Å². The Morgan fingerprint density at radius 2 is 2.09 bits per heavy atom. The smallest absolute Gasteiger partial charge is 0.181 e. The quantitative estimate of drug-likeness (QED) is 0.472. The van der Waals surface area contributed by atoms with Crippen molar-refractivity contribution in [1.82, 2.24) is 0 Å². The second-order valence-corrected chi connectivity index (χ2v) is 2.41. The van der Waals surface area contributed by atoms with Gasteiger partial charge >= 0.3 is 0 Å². The first-order valence-corrected chi connectivity index (χ1v) is 3.28. The second-order valence-electron chi connectivity index (χ2n) is 2.41. The van der Waals surface area contributed by atoms with E-state index in [1.807, 2.05) is 6.92 Å². The Bertz CT molecular complexity index is 271. The van der Waals surface area contributed by atoms with E-state index in [0.717, 1.165) is 5.56 Å². The van der Waals surface area contributed by atoms with Gasteiger partial charge in [0.25, 0.3) is 0 Å². The molecule has 0 saturated heterocycles. The molecule has 0 aromatic heterocycles. The van der Waals surface area contributed by atoms with Crippen LogP contribution in [0.2, 0.25) is 0 Å². The second kappa shape index (κ2) is 2.70. The summed E-state index contributed by atoms with van der Waals surface area (Å²) < 4.78 is 4.88. The van der Waals surface area contributed by atoms with Crippen molar-refractivity contribution in [1.29, 1.82) is 0 Å². The fourth-order valence-corrected chi connectivity index (χ4v) is 0.928. The van der Waals surface area contributed by atoms with Gasteiger partial charge in [0.1, 0.15) is 0 Å². The van der Waals surface area contributed by atoms with E-state index >= 15 is 0 Å². The van der Waals surface area contributed by atoms with Gasteiger partial charge in [0.2, 0.25) is 0 Å². The fraction of sp³-hybridized carbons (Fsp3) is 0.250. The number of methoxy groups -OCH3 is 1. The summed E-state index contributed by atoms with van der Waals surface area (Å²) in [4.78, 5) is 0. The average molecular weight is 153 g/mol. The highest BCUT2D eigenvalue weighted by atomic mass is 16.5. The molecule has 1 rings (SSSR count). The Hall–Kier alpha value is -1.38. The van der Waals surface area contributed by atoms with Gasteiger partial charge in [0.05, 0.1) is 12.8 Å². The molecule has 0 bridgehead atoms. The van der Waals surface area contributed by atoms with E-state index < -0.39 is 0 Å². The molecule has 0 spiro atoms. The minimum atomic E-state index is 0.0121. The minimum Gasteiger partial charge on any atom is -0.503 e. The van der Waals surface area contributed by atoms with Crippen LogP contribution in [0.5, 0.6) is 11.5 Å². The molecule has 60 valence electrons. The summed E-state index contributed by atoms with van der Waals surface area (Å²) in [7, 11) is 1.49. The topological polar surface area (TPSA) is 55.5 Å². The SMILES string of the molecule is COc1cc(C)cc(N)c1O. The Balaban J connectivity index is 3.24. The van der Waals surface area contributed by atoms with Gasteiger partial charge in [-0.1, -0.05) is 0 Å². The van der Waals surface area contributed by atoms with E-state index in [2.05, 4.69) is 0 Å². The van der Waals surface area contributed by atoms with Crippen molar-refractivity contribution in [2.75, 3.05) is 12.8 Å². The lowest BCUT2D eigenvalue weighted by Crippen LogP contribution is -1.91. The number of phenols is 1. The summed E-state index contributed by atoms with van der Waals surface area (Å²) in [6.45, 7) is 1.89. The van der Waals surface area contributed by atoms with Crippen molar-refractivity contribution in [2.24, 2.45) is 0 Å². The third-order valence-electron chi connectivity index (χ3n) is 1.47. The zero-order chi connectivity index (χ0) is 8.43. The fourth-order valence-electron chi connectivity index (χ4n) is 0.928. The molecule has 3 N–H and O–H groups in total. The van der Waals surface area contributed by atoms with Crippen LogP contribution in [0.15, 0.2) is 12.1 Å². The third kappa shape index (κ3) is 1.37. The number of anilines is 1. The molecule has 0 fully saturated rings. The number of hydrogen-bond donors (Lipinski definition) is 2. The molecule has 0 aliphatic heterocycles. The Kier molecular flexibility index (Phi) is 1.89. The van der Waals surface area contributed by atoms with E-state index in [9.17, 15) is 5.11 Å². The van der Waals surface area contributed by atoms with Gasteiger partial charge in [-0.2, -0.15) is 0 Å². The zero-order valence-corrected chi connectivity index (χ0v) is 6.59. The average Bonchev–Trinajstić information content (AvgIpc) is 1.96. The van der Waals surface area contributed by atoms with Crippen LogP contribution in [0.1, 0.15) is 5.56 Å². The maximum absolute atomic E-state index is 9.27. The van der Waals surface area contributed by atoms with Gasteiger partial charge in [-0.25, -0.2) is 0 Å². The molecule has 0 radical (unpaired) electrons. The van der Waals surface area contributed by atoms with Crippen LogP contribution >= 0.6 is 0 Å². The molecule has 0 unspecified atom stereocenters. The summed E-state index contributed by atoms with van der Waals surface area (Å²) in [5, 5.41) is 9.27. The van der Waals surface area contributed by atoms with Crippen LogP contribution < -0.4 is 10.5 Å². The highest BCUT2D eigenvalue weighted by Gasteiger charge is 2.04. The molecule has 1 aromatic rings. The Labute approximate surface area is 65.4 Å². The van der Waals surface area contributed by atoms with Crippen molar-refractivity contribution >= 4 is 5.69 Å². The number of nitrogen functional groups attached to an aromatic ring is 1. The molecule has 0 aliphatic rings. The predicted molar refractivity (Wildman–Crippen MR) is 43.8 cm³/mol. The summed E-state index contributed by atoms with van der Waals surface area (Å²) in [6, 6.07) is 3.42. The van der Waals surface area contributed by atoms with Crippen LogP contribution in [0.25, 0.3) is 0 Å². The van der Waals surface area contributed by atoms with Crippen LogP contribution in [0.3, 0.4) is 0 Å². The summed E-state index contributed by atoms with van der Waals surface area (Å²) in [6.07, 6.45) is 0. The molecule has 3 nitrogen and oxygen atoms in total. The van der Waals surface area contributed by atoms with Crippen molar-refractivity contribution in [3.8, 4) is 11.5 Å². The largest absolute Gasteiger partial charge is 0.503 e. The highest BCUT2D eigenvalue weighted by molar-refractivity contribution is 5.61. The molecule has 0 heterocycles. The van der Waals surface area contributed by atoms with E-state index in [0.29, 0.717) is 11.4 Å². The highest BCUT2D eigenvalue weighted by Crippen LogP contribution is 2.32. The number of nitrogens with two attached hydrogens (primary N) is 1. The Morgan fingerprint density at radius 1 is 1.45 bits per heavy atom. The number of phenolic OH excluding ortho intramolecular Hbond substituents is 1. The molecule has 0 saturated carbocycles. The van der Waals surface area contributed by atoms with Gasteiger partial charge in [-0.3, -0.25) is 0 Å². The van der Waals surface area contributed by atoms with E-state index in [4.69, 9.17) is 10.5 Å². The van der Waals surface area contributed by atoms with E-state index in [1.54, 1.807) is 12.1 Å². The minimum absolute atomic E-state index is 0.0121. The number of hydrogen-bond acceptors (Lipinski definition) is 3. The molecule has 1 aromatic carbocycles. The normalized spacial score (nSPS) is 9.64. The first-order chi connectivity index (χ1) is 5.15. The van der Waals surface area contributed by atoms with Crippen molar-refractivity contribution in [3.63, 3.8) is 0 Å².